The van der Waals surface area contributed by atoms with E-state index < -0.39 is 5.97 Å². The molecule has 0 amide bonds. The largest absolute Gasteiger partial charge is 0.423 e. The molecule has 1 aromatic rings. The van der Waals surface area contributed by atoms with E-state index in [1.165, 1.54) is 50.2 Å². The second-order valence-corrected chi connectivity index (χ2v) is 4.79. The topological polar surface area (TPSA) is 26.3 Å². The summed E-state index contributed by atoms with van der Waals surface area (Å²) in [6.07, 6.45) is 10.1. The van der Waals surface area contributed by atoms with E-state index in [1.807, 2.05) is 24.3 Å². The summed E-state index contributed by atoms with van der Waals surface area (Å²) in [5, 5.41) is 0. The zero-order valence-electron chi connectivity index (χ0n) is 11.9. The predicted octanol–water partition coefficient (Wildman–Crippen LogP) is 4.68. The van der Waals surface area contributed by atoms with Gasteiger partial charge in [0.1, 0.15) is 5.75 Å². The fourth-order valence-electron chi connectivity index (χ4n) is 1.99. The van der Waals surface area contributed by atoms with Gasteiger partial charge in [-0.05, 0) is 30.5 Å². The second kappa shape index (κ2) is 9.37. The quantitative estimate of drug-likeness (QED) is 0.279. The van der Waals surface area contributed by atoms with Gasteiger partial charge in [0.15, 0.2) is 0 Å². The molecule has 0 saturated heterocycles. The Hall–Kier alpha value is -1.57. The molecule has 0 saturated carbocycles. The van der Waals surface area contributed by atoms with E-state index in [2.05, 4.69) is 13.5 Å². The number of aryl methyl sites for hydroxylation is 1. The Labute approximate surface area is 116 Å². The Kier molecular flexibility index (Phi) is 7.64. The molecule has 0 aromatic heterocycles. The van der Waals surface area contributed by atoms with Crippen molar-refractivity contribution in [2.75, 3.05) is 0 Å². The highest BCUT2D eigenvalue weighted by atomic mass is 16.5. The van der Waals surface area contributed by atoms with E-state index in [9.17, 15) is 4.79 Å². The van der Waals surface area contributed by atoms with Crippen LogP contribution >= 0.6 is 0 Å². The zero-order chi connectivity index (χ0) is 13.9. The van der Waals surface area contributed by atoms with Crippen LogP contribution in [0.1, 0.15) is 51.0 Å². The molecular formula is C17H24O2. The fraction of sp³-hybridized carbons (Fsp3) is 0.471. The normalized spacial score (nSPS) is 10.2. The van der Waals surface area contributed by atoms with Crippen molar-refractivity contribution < 1.29 is 9.53 Å². The van der Waals surface area contributed by atoms with E-state index >= 15 is 0 Å². The first kappa shape index (κ1) is 15.5. The van der Waals surface area contributed by atoms with Crippen LogP contribution in [0.15, 0.2) is 36.9 Å². The van der Waals surface area contributed by atoms with Gasteiger partial charge in [-0.25, -0.2) is 4.79 Å². The molecule has 0 bridgehead atoms. The number of unbranched alkanes of at least 4 members (excludes halogenated alkanes) is 5. The molecule has 0 heterocycles. The number of carbonyl (C=O) groups excluding carboxylic acids is 1. The predicted molar refractivity (Wildman–Crippen MR) is 79.4 cm³/mol. The van der Waals surface area contributed by atoms with Gasteiger partial charge >= 0.3 is 5.97 Å². The SMILES string of the molecule is C=CC(=O)Oc1ccc(CCCCCCCC)cc1. The summed E-state index contributed by atoms with van der Waals surface area (Å²) in [5.41, 5.74) is 1.30. The van der Waals surface area contributed by atoms with Gasteiger partial charge in [-0.2, -0.15) is 0 Å². The monoisotopic (exact) mass is 260 g/mol. The van der Waals surface area contributed by atoms with E-state index in [0.717, 1.165) is 6.42 Å². The maximum absolute atomic E-state index is 11.0. The highest BCUT2D eigenvalue weighted by molar-refractivity contribution is 5.83. The molecule has 0 N–H and O–H groups in total. The van der Waals surface area contributed by atoms with Crippen LogP contribution in [0.4, 0.5) is 0 Å². The van der Waals surface area contributed by atoms with Gasteiger partial charge in [-0.15, -0.1) is 0 Å². The third-order valence-corrected chi connectivity index (χ3v) is 3.13. The molecule has 0 atom stereocenters. The molecule has 0 aliphatic heterocycles. The Morgan fingerprint density at radius 2 is 1.74 bits per heavy atom. The first-order valence-electron chi connectivity index (χ1n) is 7.19. The van der Waals surface area contributed by atoms with Crippen LogP contribution in [0.25, 0.3) is 0 Å². The van der Waals surface area contributed by atoms with Crippen molar-refractivity contribution in [1.82, 2.24) is 0 Å². The van der Waals surface area contributed by atoms with Gasteiger partial charge in [0.2, 0.25) is 0 Å². The Bertz CT molecular complexity index is 379. The van der Waals surface area contributed by atoms with E-state index in [-0.39, 0.29) is 0 Å². The molecule has 0 spiro atoms. The number of ether oxygens (including phenoxy) is 1. The molecular weight excluding hydrogens is 236 g/mol. The molecule has 19 heavy (non-hydrogen) atoms. The summed E-state index contributed by atoms with van der Waals surface area (Å²) >= 11 is 0. The lowest BCUT2D eigenvalue weighted by atomic mass is 10.0. The molecule has 1 rings (SSSR count). The van der Waals surface area contributed by atoms with Crippen molar-refractivity contribution in [1.29, 1.82) is 0 Å². The number of benzene rings is 1. The lowest BCUT2D eigenvalue weighted by Gasteiger charge is -2.04. The average molecular weight is 260 g/mol. The smallest absolute Gasteiger partial charge is 0.335 e. The van der Waals surface area contributed by atoms with Crippen LogP contribution in [-0.2, 0) is 11.2 Å². The fourth-order valence-corrected chi connectivity index (χ4v) is 1.99. The first-order valence-corrected chi connectivity index (χ1v) is 7.19. The third-order valence-electron chi connectivity index (χ3n) is 3.13. The van der Waals surface area contributed by atoms with Gasteiger partial charge in [0, 0.05) is 6.08 Å². The van der Waals surface area contributed by atoms with Crippen LogP contribution in [-0.4, -0.2) is 5.97 Å². The van der Waals surface area contributed by atoms with E-state index in [0.29, 0.717) is 5.75 Å². The van der Waals surface area contributed by atoms with Gasteiger partial charge < -0.3 is 4.74 Å². The van der Waals surface area contributed by atoms with Gasteiger partial charge in [0.05, 0.1) is 0 Å². The zero-order valence-corrected chi connectivity index (χ0v) is 11.9. The van der Waals surface area contributed by atoms with Crippen molar-refractivity contribution in [2.45, 2.75) is 51.9 Å². The van der Waals surface area contributed by atoms with E-state index in [4.69, 9.17) is 4.74 Å². The molecule has 0 radical (unpaired) electrons. The Balaban J connectivity index is 2.24. The van der Waals surface area contributed by atoms with Crippen LogP contribution in [0.5, 0.6) is 5.75 Å². The van der Waals surface area contributed by atoms with Crippen molar-refractivity contribution in [2.24, 2.45) is 0 Å². The summed E-state index contributed by atoms with van der Waals surface area (Å²) < 4.78 is 5.03. The summed E-state index contributed by atoms with van der Waals surface area (Å²) in [5.74, 6) is 0.167. The number of hydrogen-bond acceptors (Lipinski definition) is 2. The second-order valence-electron chi connectivity index (χ2n) is 4.79. The lowest BCUT2D eigenvalue weighted by molar-refractivity contribution is -0.128. The van der Waals surface area contributed by atoms with Crippen LogP contribution in [0.3, 0.4) is 0 Å². The Morgan fingerprint density at radius 3 is 2.37 bits per heavy atom. The molecule has 1 aromatic carbocycles. The number of hydrogen-bond donors (Lipinski definition) is 0. The highest BCUT2D eigenvalue weighted by Crippen LogP contribution is 2.15. The third kappa shape index (κ3) is 6.80. The van der Waals surface area contributed by atoms with Gasteiger partial charge in [0.25, 0.3) is 0 Å². The molecule has 2 heteroatoms. The number of esters is 1. The molecule has 0 fully saturated rings. The number of rotatable bonds is 9. The van der Waals surface area contributed by atoms with Crippen molar-refractivity contribution >= 4 is 5.97 Å². The maximum atomic E-state index is 11.0. The molecule has 2 nitrogen and oxygen atoms in total. The number of carbonyl (C=O) groups is 1. The Morgan fingerprint density at radius 1 is 1.11 bits per heavy atom. The minimum Gasteiger partial charge on any atom is -0.423 e. The summed E-state index contributed by atoms with van der Waals surface area (Å²) in [6, 6.07) is 7.73. The molecule has 0 aliphatic carbocycles. The summed E-state index contributed by atoms with van der Waals surface area (Å²) in [6.45, 7) is 5.61. The van der Waals surface area contributed by atoms with Crippen molar-refractivity contribution in [3.05, 3.63) is 42.5 Å². The molecule has 0 unspecified atom stereocenters. The van der Waals surface area contributed by atoms with Crippen LogP contribution < -0.4 is 4.74 Å². The van der Waals surface area contributed by atoms with Crippen LogP contribution in [0.2, 0.25) is 0 Å². The van der Waals surface area contributed by atoms with Crippen LogP contribution in [0, 0.1) is 0 Å². The summed E-state index contributed by atoms with van der Waals surface area (Å²) in [4.78, 5) is 11.0. The molecule has 104 valence electrons. The maximum Gasteiger partial charge on any atom is 0.335 e. The lowest BCUT2D eigenvalue weighted by Crippen LogP contribution is -2.02. The minimum absolute atomic E-state index is 0.413. The highest BCUT2D eigenvalue weighted by Gasteiger charge is 2.00. The van der Waals surface area contributed by atoms with Crippen molar-refractivity contribution in [3.63, 3.8) is 0 Å². The van der Waals surface area contributed by atoms with E-state index in [1.54, 1.807) is 0 Å². The first-order chi connectivity index (χ1) is 9.26. The van der Waals surface area contributed by atoms with Crippen molar-refractivity contribution in [3.8, 4) is 5.75 Å². The average Bonchev–Trinajstić information content (AvgIpc) is 2.44. The minimum atomic E-state index is -0.413. The summed E-state index contributed by atoms with van der Waals surface area (Å²) in [7, 11) is 0. The standard InChI is InChI=1S/C17H24O2/c1-3-5-6-7-8-9-10-15-11-13-16(14-12-15)19-17(18)4-2/h4,11-14H,2-3,5-10H2,1H3. The van der Waals surface area contributed by atoms with Gasteiger partial charge in [-0.1, -0.05) is 57.7 Å². The van der Waals surface area contributed by atoms with Gasteiger partial charge in [-0.3, -0.25) is 0 Å². The molecule has 0 aliphatic rings.